The van der Waals surface area contributed by atoms with Gasteiger partial charge in [0.2, 0.25) is 5.91 Å². The van der Waals surface area contributed by atoms with E-state index < -0.39 is 0 Å². The highest BCUT2D eigenvalue weighted by Crippen LogP contribution is 2.15. The minimum absolute atomic E-state index is 0. The van der Waals surface area contributed by atoms with Crippen molar-refractivity contribution in [3.8, 4) is 0 Å². The summed E-state index contributed by atoms with van der Waals surface area (Å²) in [6.07, 6.45) is 3.24. The molecule has 0 saturated carbocycles. The number of likely N-dealkylation sites (tertiary alicyclic amines) is 1. The van der Waals surface area contributed by atoms with Gasteiger partial charge in [0.05, 0.1) is 0 Å². The third-order valence-electron chi connectivity index (χ3n) is 3.06. The average molecular weight is 368 g/mol. The Balaban J connectivity index is 0.00000289. The van der Waals surface area contributed by atoms with E-state index in [0.717, 1.165) is 38.3 Å². The Morgan fingerprint density at radius 3 is 2.61 bits per heavy atom. The van der Waals surface area contributed by atoms with E-state index in [2.05, 4.69) is 22.1 Å². The van der Waals surface area contributed by atoms with E-state index in [-0.39, 0.29) is 36.4 Å². The average Bonchev–Trinajstić information content (AvgIpc) is 2.34. The lowest BCUT2D eigenvalue weighted by atomic mass is 10.00. The van der Waals surface area contributed by atoms with Crippen molar-refractivity contribution in [2.24, 2.45) is 16.6 Å². The van der Waals surface area contributed by atoms with E-state index in [9.17, 15) is 4.79 Å². The zero-order valence-electron chi connectivity index (χ0n) is 11.3. The van der Waals surface area contributed by atoms with Gasteiger partial charge in [-0.3, -0.25) is 4.79 Å². The van der Waals surface area contributed by atoms with E-state index in [0.29, 0.717) is 12.5 Å². The van der Waals surface area contributed by atoms with Gasteiger partial charge in [-0.15, -0.1) is 24.0 Å². The molecule has 0 atom stereocenters. The summed E-state index contributed by atoms with van der Waals surface area (Å²) in [5.41, 5.74) is 5.87. The van der Waals surface area contributed by atoms with Gasteiger partial charge in [-0.05, 0) is 25.2 Å². The molecule has 0 aromatic carbocycles. The Morgan fingerprint density at radius 1 is 1.44 bits per heavy atom. The molecule has 6 heteroatoms. The Bertz CT molecular complexity index is 275. The lowest BCUT2D eigenvalue weighted by Gasteiger charge is -2.30. The molecule has 0 bridgehead atoms. The third-order valence-corrected chi connectivity index (χ3v) is 3.06. The number of guanidine groups is 1. The summed E-state index contributed by atoms with van der Waals surface area (Å²) in [7, 11) is 0. The van der Waals surface area contributed by atoms with Crippen LogP contribution in [0.15, 0.2) is 4.99 Å². The molecule has 3 N–H and O–H groups in total. The molecule has 0 aromatic rings. The van der Waals surface area contributed by atoms with Crippen molar-refractivity contribution in [2.75, 3.05) is 26.2 Å². The van der Waals surface area contributed by atoms with Gasteiger partial charge < -0.3 is 16.0 Å². The van der Waals surface area contributed by atoms with Crippen LogP contribution >= 0.6 is 24.0 Å². The highest BCUT2D eigenvalue weighted by Gasteiger charge is 2.16. The van der Waals surface area contributed by atoms with Gasteiger partial charge in [-0.1, -0.05) is 13.8 Å². The van der Waals surface area contributed by atoms with Crippen LogP contribution < -0.4 is 11.1 Å². The Kier molecular flexibility index (Phi) is 9.13. The first-order valence-corrected chi connectivity index (χ1v) is 6.45. The molecule has 0 aromatic heterocycles. The largest absolute Gasteiger partial charge is 0.370 e. The fourth-order valence-electron chi connectivity index (χ4n) is 1.81. The van der Waals surface area contributed by atoms with Crippen molar-refractivity contribution in [3.63, 3.8) is 0 Å². The first-order valence-electron chi connectivity index (χ1n) is 6.45. The summed E-state index contributed by atoms with van der Waals surface area (Å²) in [4.78, 5) is 17.5. The molecule has 0 aliphatic carbocycles. The molecule has 5 nitrogen and oxygen atoms in total. The van der Waals surface area contributed by atoms with Gasteiger partial charge in [0.15, 0.2) is 5.96 Å². The molecule has 1 saturated heterocycles. The second-order valence-corrected chi connectivity index (χ2v) is 4.69. The second-order valence-electron chi connectivity index (χ2n) is 4.69. The van der Waals surface area contributed by atoms with Crippen molar-refractivity contribution in [1.82, 2.24) is 10.2 Å². The lowest BCUT2D eigenvalue weighted by Crippen LogP contribution is -2.43. The number of carbonyl (C=O) groups is 1. The Hall–Kier alpha value is -0.530. The summed E-state index contributed by atoms with van der Waals surface area (Å²) in [5, 5.41) is 2.78. The van der Waals surface area contributed by atoms with Crippen LogP contribution in [0, 0.1) is 5.92 Å². The van der Waals surface area contributed by atoms with E-state index >= 15 is 0 Å². The van der Waals surface area contributed by atoms with Gasteiger partial charge in [0, 0.05) is 19.6 Å². The summed E-state index contributed by atoms with van der Waals surface area (Å²) in [5.74, 6) is 1.22. The van der Waals surface area contributed by atoms with Crippen molar-refractivity contribution in [3.05, 3.63) is 0 Å². The first kappa shape index (κ1) is 17.5. The van der Waals surface area contributed by atoms with Crippen LogP contribution in [-0.2, 0) is 4.79 Å². The van der Waals surface area contributed by atoms with Gasteiger partial charge >= 0.3 is 0 Å². The number of halogens is 1. The van der Waals surface area contributed by atoms with Crippen molar-refractivity contribution in [1.29, 1.82) is 0 Å². The third kappa shape index (κ3) is 6.42. The van der Waals surface area contributed by atoms with Crippen LogP contribution in [0.4, 0.5) is 0 Å². The predicted octanol–water partition coefficient (Wildman–Crippen LogP) is 1.18. The van der Waals surface area contributed by atoms with E-state index in [1.807, 2.05) is 6.92 Å². The normalized spacial score (nSPS) is 17.2. The second kappa shape index (κ2) is 9.41. The summed E-state index contributed by atoms with van der Waals surface area (Å²) >= 11 is 0. The Labute approximate surface area is 127 Å². The summed E-state index contributed by atoms with van der Waals surface area (Å²) in [6.45, 7) is 7.02. The van der Waals surface area contributed by atoms with Crippen molar-refractivity contribution >= 4 is 35.8 Å². The van der Waals surface area contributed by atoms with Gasteiger partial charge in [-0.2, -0.15) is 0 Å². The molecule has 0 unspecified atom stereocenters. The zero-order valence-corrected chi connectivity index (χ0v) is 13.6. The quantitative estimate of drug-likeness (QED) is 0.445. The molecule has 18 heavy (non-hydrogen) atoms. The van der Waals surface area contributed by atoms with Gasteiger partial charge in [-0.25, -0.2) is 4.99 Å². The Morgan fingerprint density at radius 2 is 2.06 bits per heavy atom. The van der Waals surface area contributed by atoms with E-state index in [4.69, 9.17) is 5.73 Å². The highest BCUT2D eigenvalue weighted by molar-refractivity contribution is 14.0. The monoisotopic (exact) mass is 368 g/mol. The van der Waals surface area contributed by atoms with Gasteiger partial charge in [0.1, 0.15) is 6.54 Å². The molecule has 1 heterocycles. The minimum atomic E-state index is -0.0554. The molecule has 1 fully saturated rings. The molecule has 1 aliphatic heterocycles. The SMILES string of the molecule is CCCNC(=O)CN=C(N)N1CCC(C)CC1.I. The van der Waals surface area contributed by atoms with Crippen LogP contribution in [0.1, 0.15) is 33.1 Å². The molecule has 1 aliphatic rings. The lowest BCUT2D eigenvalue weighted by molar-refractivity contribution is -0.119. The number of hydrogen-bond donors (Lipinski definition) is 2. The van der Waals surface area contributed by atoms with Crippen LogP contribution in [0.2, 0.25) is 0 Å². The number of hydrogen-bond acceptors (Lipinski definition) is 2. The summed E-state index contributed by atoms with van der Waals surface area (Å²) < 4.78 is 0. The van der Waals surface area contributed by atoms with Crippen LogP contribution in [0.3, 0.4) is 0 Å². The standard InChI is InChI=1S/C12H24N4O.HI/c1-3-6-14-11(17)9-15-12(13)16-7-4-10(2)5-8-16;/h10H,3-9H2,1-2H3,(H2,13,15)(H,14,17);1H. The van der Waals surface area contributed by atoms with Crippen molar-refractivity contribution < 1.29 is 4.79 Å². The smallest absolute Gasteiger partial charge is 0.241 e. The maximum atomic E-state index is 11.3. The summed E-state index contributed by atoms with van der Waals surface area (Å²) in [6, 6.07) is 0. The van der Waals surface area contributed by atoms with E-state index in [1.165, 1.54) is 0 Å². The number of nitrogens with zero attached hydrogens (tertiary/aromatic N) is 2. The zero-order chi connectivity index (χ0) is 12.7. The minimum Gasteiger partial charge on any atom is -0.370 e. The molecular weight excluding hydrogens is 343 g/mol. The van der Waals surface area contributed by atoms with E-state index in [1.54, 1.807) is 0 Å². The molecular formula is C12H25IN4O. The number of rotatable bonds is 4. The van der Waals surface area contributed by atoms with Crippen LogP contribution in [0.25, 0.3) is 0 Å². The number of amides is 1. The molecule has 106 valence electrons. The van der Waals surface area contributed by atoms with Crippen molar-refractivity contribution in [2.45, 2.75) is 33.1 Å². The topological polar surface area (TPSA) is 70.7 Å². The van der Waals surface area contributed by atoms with Gasteiger partial charge in [0.25, 0.3) is 0 Å². The number of nitrogens with two attached hydrogens (primary N) is 1. The molecule has 0 spiro atoms. The van der Waals surface area contributed by atoms with Crippen LogP contribution in [-0.4, -0.2) is 42.9 Å². The predicted molar refractivity (Wildman–Crippen MR) is 85.2 cm³/mol. The number of nitrogens with one attached hydrogen (secondary N) is 1. The number of aliphatic imine (C=N–C) groups is 1. The fourth-order valence-corrected chi connectivity index (χ4v) is 1.81. The number of piperidine rings is 1. The maximum Gasteiger partial charge on any atom is 0.241 e. The number of carbonyl (C=O) groups excluding carboxylic acids is 1. The molecule has 1 amide bonds. The molecule has 1 rings (SSSR count). The maximum absolute atomic E-state index is 11.3. The first-order chi connectivity index (χ1) is 8.13. The fraction of sp³-hybridized carbons (Fsp3) is 0.833. The molecule has 0 radical (unpaired) electrons. The highest BCUT2D eigenvalue weighted by atomic mass is 127. The van der Waals surface area contributed by atoms with Crippen LogP contribution in [0.5, 0.6) is 0 Å².